The van der Waals surface area contributed by atoms with Crippen LogP contribution in [0.3, 0.4) is 0 Å². The van der Waals surface area contributed by atoms with E-state index in [-0.39, 0.29) is 34.1 Å². The zero-order valence-electron chi connectivity index (χ0n) is 11.5. The molecule has 0 heterocycles. The molecule has 0 radical (unpaired) electrons. The van der Waals surface area contributed by atoms with Gasteiger partial charge in [-0.05, 0) is 11.1 Å². The largest absolute Gasteiger partial charge is 2.00 e. The van der Waals surface area contributed by atoms with Gasteiger partial charge in [0.05, 0.1) is 0 Å². The summed E-state index contributed by atoms with van der Waals surface area (Å²) in [5.74, 6) is 0.883. The second kappa shape index (κ2) is 6.79. The summed E-state index contributed by atoms with van der Waals surface area (Å²) in [4.78, 5) is 0. The molecule has 2 heteroatoms. The van der Waals surface area contributed by atoms with E-state index in [1.165, 1.54) is 22.3 Å². The van der Waals surface area contributed by atoms with Crippen molar-refractivity contribution in [2.24, 2.45) is 0 Å². The van der Waals surface area contributed by atoms with Gasteiger partial charge in [0.15, 0.2) is 0 Å². The Morgan fingerprint density at radius 1 is 0.667 bits per heavy atom. The van der Waals surface area contributed by atoms with E-state index in [1.54, 1.807) is 0 Å². The SMILES string of the molecule is C1=CC([CH-]C2C=Cc3ccccc32)c2ccccc21.[Cl-].[Ti+2]. The Morgan fingerprint density at radius 2 is 1.10 bits per heavy atom. The Morgan fingerprint density at radius 3 is 1.57 bits per heavy atom. The second-order valence-corrected chi connectivity index (χ2v) is 5.22. The van der Waals surface area contributed by atoms with Crippen LogP contribution in [0.5, 0.6) is 0 Å². The summed E-state index contributed by atoms with van der Waals surface area (Å²) in [6.07, 6.45) is 11.5. The van der Waals surface area contributed by atoms with Crippen LogP contribution in [-0.4, -0.2) is 0 Å². The first kappa shape index (κ1) is 16.3. The fraction of sp³-hybridized carbons (Fsp3) is 0.105. The van der Waals surface area contributed by atoms with Crippen LogP contribution in [0, 0.1) is 6.42 Å². The summed E-state index contributed by atoms with van der Waals surface area (Å²) in [5, 5.41) is 0. The fourth-order valence-electron chi connectivity index (χ4n) is 3.11. The molecule has 2 atom stereocenters. The molecule has 0 fully saturated rings. The Labute approximate surface area is 147 Å². The number of rotatable bonds is 2. The molecule has 0 saturated heterocycles. The van der Waals surface area contributed by atoms with Crippen LogP contribution in [0.2, 0.25) is 0 Å². The van der Waals surface area contributed by atoms with E-state index < -0.39 is 0 Å². The average molecular weight is 327 g/mol. The number of allylic oxidation sites excluding steroid dienone is 2. The molecular weight excluding hydrogens is 312 g/mol. The molecule has 0 aromatic heterocycles. The van der Waals surface area contributed by atoms with E-state index >= 15 is 0 Å². The summed E-state index contributed by atoms with van der Waals surface area (Å²) < 4.78 is 0. The molecule has 2 aliphatic carbocycles. The van der Waals surface area contributed by atoms with Crippen LogP contribution in [0.4, 0.5) is 0 Å². The maximum absolute atomic E-state index is 2.45. The van der Waals surface area contributed by atoms with Crippen LogP contribution in [0.1, 0.15) is 34.1 Å². The molecular formula is C19H15ClTi. The van der Waals surface area contributed by atoms with Gasteiger partial charge in [0.2, 0.25) is 0 Å². The molecule has 0 spiro atoms. The minimum Gasteiger partial charge on any atom is -1.00 e. The van der Waals surface area contributed by atoms with Gasteiger partial charge >= 0.3 is 21.7 Å². The quantitative estimate of drug-likeness (QED) is 0.583. The first-order valence-corrected chi connectivity index (χ1v) is 6.81. The normalized spacial score (nSPS) is 20.4. The summed E-state index contributed by atoms with van der Waals surface area (Å²) in [7, 11) is 0. The van der Waals surface area contributed by atoms with E-state index in [2.05, 4.69) is 79.3 Å². The van der Waals surface area contributed by atoms with Crippen molar-refractivity contribution in [1.82, 2.24) is 0 Å². The Balaban J connectivity index is 0.000000807. The number of benzene rings is 2. The van der Waals surface area contributed by atoms with Crippen molar-refractivity contribution in [1.29, 1.82) is 0 Å². The van der Waals surface area contributed by atoms with Gasteiger partial charge in [-0.3, -0.25) is 0 Å². The van der Waals surface area contributed by atoms with Crippen molar-refractivity contribution in [2.75, 3.05) is 0 Å². The zero-order valence-corrected chi connectivity index (χ0v) is 13.9. The molecule has 0 saturated carbocycles. The maximum atomic E-state index is 2.45. The van der Waals surface area contributed by atoms with Crippen LogP contribution in [-0.2, 0) is 21.7 Å². The predicted octanol–water partition coefficient (Wildman–Crippen LogP) is 1.81. The molecule has 0 aliphatic heterocycles. The zero-order chi connectivity index (χ0) is 12.7. The van der Waals surface area contributed by atoms with Gasteiger partial charge in [-0.25, -0.2) is 0 Å². The summed E-state index contributed by atoms with van der Waals surface area (Å²) in [6, 6.07) is 17.3. The van der Waals surface area contributed by atoms with Crippen molar-refractivity contribution in [3.05, 3.63) is 89.4 Å². The molecule has 4 rings (SSSR count). The average Bonchev–Trinajstić information content (AvgIpc) is 3.05. The first-order chi connectivity index (χ1) is 9.42. The number of fused-ring (bicyclic) bond motifs is 2. The van der Waals surface area contributed by atoms with Gasteiger partial charge in [-0.15, -0.1) is 24.0 Å². The Hall–Kier alpha value is -1.08. The number of hydrogen-bond acceptors (Lipinski definition) is 0. The molecule has 2 unspecified atom stereocenters. The predicted molar refractivity (Wildman–Crippen MR) is 80.7 cm³/mol. The topological polar surface area (TPSA) is 0 Å². The fourth-order valence-corrected chi connectivity index (χ4v) is 3.11. The van der Waals surface area contributed by atoms with E-state index in [1.807, 2.05) is 0 Å². The first-order valence-electron chi connectivity index (χ1n) is 6.81. The van der Waals surface area contributed by atoms with Crippen LogP contribution >= 0.6 is 0 Å². The Bertz CT molecular complexity index is 628. The Kier molecular flexibility index (Phi) is 5.27. The molecule has 0 nitrogen and oxygen atoms in total. The minimum atomic E-state index is 0. The molecule has 0 amide bonds. The summed E-state index contributed by atoms with van der Waals surface area (Å²) in [6.45, 7) is 0. The van der Waals surface area contributed by atoms with E-state index in [9.17, 15) is 0 Å². The smallest absolute Gasteiger partial charge is 1.00 e. The van der Waals surface area contributed by atoms with E-state index in [4.69, 9.17) is 0 Å². The standard InChI is InChI=1S/C19H15.ClH.Ti/c1-3-7-18-14(5-1)9-11-16(18)13-17-12-10-15-6-2-4-8-19(15)17;;/h1-13,16-17H;1H;/q-1;;+2/p-1. The second-order valence-electron chi connectivity index (χ2n) is 5.22. The number of hydrogen-bond donors (Lipinski definition) is 0. The van der Waals surface area contributed by atoms with Crippen molar-refractivity contribution < 1.29 is 34.1 Å². The monoisotopic (exact) mass is 326 g/mol. The van der Waals surface area contributed by atoms with Crippen molar-refractivity contribution >= 4 is 12.2 Å². The van der Waals surface area contributed by atoms with Gasteiger partial charge in [-0.2, -0.15) is 0 Å². The summed E-state index contributed by atoms with van der Waals surface area (Å²) in [5.41, 5.74) is 5.58. The van der Waals surface area contributed by atoms with Crippen molar-refractivity contribution in [2.45, 2.75) is 11.8 Å². The van der Waals surface area contributed by atoms with Crippen LogP contribution < -0.4 is 12.4 Å². The minimum absolute atomic E-state index is 0. The third-order valence-electron chi connectivity index (χ3n) is 4.09. The van der Waals surface area contributed by atoms with Gasteiger partial charge in [0.25, 0.3) is 0 Å². The molecule has 2 aliphatic rings. The molecule has 2 aromatic carbocycles. The van der Waals surface area contributed by atoms with Gasteiger partial charge < -0.3 is 18.8 Å². The number of halogens is 1. The van der Waals surface area contributed by atoms with Crippen molar-refractivity contribution in [3.8, 4) is 0 Å². The van der Waals surface area contributed by atoms with Gasteiger partial charge in [0.1, 0.15) is 0 Å². The third-order valence-corrected chi connectivity index (χ3v) is 4.09. The van der Waals surface area contributed by atoms with Crippen molar-refractivity contribution in [3.63, 3.8) is 0 Å². The summed E-state index contributed by atoms with van der Waals surface area (Å²) >= 11 is 0. The molecule has 2 aromatic rings. The van der Waals surface area contributed by atoms with Gasteiger partial charge in [0, 0.05) is 0 Å². The van der Waals surface area contributed by atoms with Gasteiger partial charge in [-0.1, -0.05) is 71.8 Å². The maximum Gasteiger partial charge on any atom is 2.00 e. The third kappa shape index (κ3) is 2.94. The van der Waals surface area contributed by atoms with E-state index in [0.717, 1.165) is 0 Å². The molecule has 0 N–H and O–H groups in total. The van der Waals surface area contributed by atoms with Crippen LogP contribution in [0.25, 0.3) is 12.2 Å². The molecule has 102 valence electrons. The van der Waals surface area contributed by atoms with Crippen LogP contribution in [0.15, 0.2) is 60.7 Å². The molecule has 0 bridgehead atoms. The van der Waals surface area contributed by atoms with E-state index in [0.29, 0.717) is 11.8 Å². The molecule has 21 heavy (non-hydrogen) atoms.